The van der Waals surface area contributed by atoms with Gasteiger partial charge >= 0.3 is 5.63 Å². The number of aryl methyl sites for hydroxylation is 3. The van der Waals surface area contributed by atoms with E-state index in [1.54, 1.807) is 10.9 Å². The van der Waals surface area contributed by atoms with Crippen molar-refractivity contribution in [2.24, 2.45) is 0 Å². The van der Waals surface area contributed by atoms with Crippen LogP contribution in [0.15, 0.2) is 68.2 Å². The van der Waals surface area contributed by atoms with Crippen LogP contribution in [0.4, 0.5) is 0 Å². The van der Waals surface area contributed by atoms with Crippen molar-refractivity contribution in [1.82, 2.24) is 9.55 Å². The van der Waals surface area contributed by atoms with E-state index >= 15 is 0 Å². The fourth-order valence-corrected chi connectivity index (χ4v) is 4.77. The minimum atomic E-state index is -0.422. The highest BCUT2D eigenvalue weighted by Crippen LogP contribution is 2.31. The van der Waals surface area contributed by atoms with E-state index in [1.165, 1.54) is 23.0 Å². The predicted molar refractivity (Wildman–Crippen MR) is 125 cm³/mol. The van der Waals surface area contributed by atoms with Gasteiger partial charge in [0.05, 0.1) is 18.3 Å². The van der Waals surface area contributed by atoms with E-state index in [-0.39, 0.29) is 12.1 Å². The van der Waals surface area contributed by atoms with E-state index in [1.807, 2.05) is 62.5 Å². The average Bonchev–Trinajstić information content (AvgIpc) is 3.18. The number of thiophene rings is 1. The molecule has 5 nitrogen and oxygen atoms in total. The molecule has 0 unspecified atom stereocenters. The summed E-state index contributed by atoms with van der Waals surface area (Å²) in [6.45, 7) is 6.19. The fourth-order valence-electron chi connectivity index (χ4n) is 3.86. The average molecular weight is 429 g/mol. The molecular formula is C25H20N2O3S. The lowest BCUT2D eigenvalue weighted by Gasteiger charge is -2.11. The summed E-state index contributed by atoms with van der Waals surface area (Å²) >= 11 is 1.46. The highest BCUT2D eigenvalue weighted by atomic mass is 32.1. The van der Waals surface area contributed by atoms with Gasteiger partial charge in [0.25, 0.3) is 5.56 Å². The number of benzene rings is 2. The summed E-state index contributed by atoms with van der Waals surface area (Å²) in [7, 11) is 0. The number of fused-ring (bicyclic) bond motifs is 2. The molecule has 3 aromatic heterocycles. The molecule has 0 amide bonds. The lowest BCUT2D eigenvalue weighted by Crippen LogP contribution is -2.21. The van der Waals surface area contributed by atoms with Gasteiger partial charge in [0.1, 0.15) is 10.4 Å². The van der Waals surface area contributed by atoms with E-state index in [0.29, 0.717) is 15.8 Å². The smallest absolute Gasteiger partial charge is 0.336 e. The van der Waals surface area contributed by atoms with Crippen molar-refractivity contribution in [2.45, 2.75) is 27.3 Å². The monoisotopic (exact) mass is 428 g/mol. The summed E-state index contributed by atoms with van der Waals surface area (Å²) in [5.41, 5.74) is 5.79. The molecule has 0 saturated heterocycles. The summed E-state index contributed by atoms with van der Waals surface area (Å²) in [4.78, 5) is 30.9. The molecule has 6 heteroatoms. The normalized spacial score (nSPS) is 11.5. The standard InChI is InChI=1S/C25H20N2O3S/c1-14-4-7-17(8-5-14)20-12-31-24-22(20)25(29)27(13-26-24)11-18-10-21(28)30-23-16(3)15(2)6-9-19(18)23/h4-10,12-13H,11H2,1-3H3. The van der Waals surface area contributed by atoms with E-state index < -0.39 is 5.63 Å². The van der Waals surface area contributed by atoms with E-state index in [2.05, 4.69) is 4.98 Å². The molecule has 0 bridgehead atoms. The topological polar surface area (TPSA) is 65.1 Å². The van der Waals surface area contributed by atoms with Crippen molar-refractivity contribution in [2.75, 3.05) is 0 Å². The van der Waals surface area contributed by atoms with Gasteiger partial charge in [-0.3, -0.25) is 9.36 Å². The SMILES string of the molecule is Cc1ccc(-c2csc3ncn(Cc4cc(=O)oc5c(C)c(C)ccc45)c(=O)c23)cc1. The molecular weight excluding hydrogens is 408 g/mol. The van der Waals surface area contributed by atoms with Crippen LogP contribution in [-0.4, -0.2) is 9.55 Å². The number of rotatable bonds is 3. The summed E-state index contributed by atoms with van der Waals surface area (Å²) in [5, 5.41) is 3.42. The van der Waals surface area contributed by atoms with Crippen LogP contribution < -0.4 is 11.2 Å². The third-order valence-electron chi connectivity index (χ3n) is 5.78. The zero-order valence-electron chi connectivity index (χ0n) is 17.4. The van der Waals surface area contributed by atoms with Gasteiger partial charge in [-0.25, -0.2) is 9.78 Å². The maximum atomic E-state index is 13.4. The zero-order valence-corrected chi connectivity index (χ0v) is 18.2. The van der Waals surface area contributed by atoms with Crippen LogP contribution in [0.25, 0.3) is 32.3 Å². The van der Waals surface area contributed by atoms with E-state index in [4.69, 9.17) is 4.42 Å². The highest BCUT2D eigenvalue weighted by Gasteiger charge is 2.15. The third kappa shape index (κ3) is 3.29. The minimum Gasteiger partial charge on any atom is -0.422 e. The Morgan fingerprint density at radius 2 is 1.81 bits per heavy atom. The first-order chi connectivity index (χ1) is 14.9. The summed E-state index contributed by atoms with van der Waals surface area (Å²) in [6.07, 6.45) is 1.56. The number of aromatic nitrogens is 2. The molecule has 0 saturated carbocycles. The Balaban J connectivity index is 1.67. The molecule has 3 heterocycles. The van der Waals surface area contributed by atoms with Crippen LogP contribution in [0.3, 0.4) is 0 Å². The Hall–Kier alpha value is -3.51. The van der Waals surface area contributed by atoms with Crippen LogP contribution in [0.1, 0.15) is 22.3 Å². The first-order valence-corrected chi connectivity index (χ1v) is 10.9. The van der Waals surface area contributed by atoms with Crippen LogP contribution in [-0.2, 0) is 6.54 Å². The third-order valence-corrected chi connectivity index (χ3v) is 6.67. The molecule has 0 aliphatic carbocycles. The van der Waals surface area contributed by atoms with Gasteiger partial charge in [-0.15, -0.1) is 11.3 Å². The van der Waals surface area contributed by atoms with Crippen molar-refractivity contribution in [3.63, 3.8) is 0 Å². The van der Waals surface area contributed by atoms with Gasteiger partial charge in [-0.2, -0.15) is 0 Å². The van der Waals surface area contributed by atoms with Gasteiger partial charge in [-0.05, 0) is 43.0 Å². The lowest BCUT2D eigenvalue weighted by atomic mass is 10.0. The molecule has 154 valence electrons. The van der Waals surface area contributed by atoms with Crippen LogP contribution in [0, 0.1) is 20.8 Å². The Kier molecular flexibility index (Phi) is 4.59. The van der Waals surface area contributed by atoms with Crippen LogP contribution in [0.2, 0.25) is 0 Å². The fraction of sp³-hybridized carbons (Fsp3) is 0.160. The first kappa shape index (κ1) is 19.5. The van der Waals surface area contributed by atoms with Crippen molar-refractivity contribution < 1.29 is 4.42 Å². The van der Waals surface area contributed by atoms with Gasteiger partial charge in [0, 0.05) is 22.4 Å². The predicted octanol–water partition coefficient (Wildman–Crippen LogP) is 5.20. The molecule has 31 heavy (non-hydrogen) atoms. The summed E-state index contributed by atoms with van der Waals surface area (Å²) in [5.74, 6) is 0. The quantitative estimate of drug-likeness (QED) is 0.370. The zero-order chi connectivity index (χ0) is 21.7. The Morgan fingerprint density at radius 1 is 1.03 bits per heavy atom. The van der Waals surface area contributed by atoms with Gasteiger partial charge < -0.3 is 4.42 Å². The molecule has 0 aliphatic rings. The molecule has 0 aliphatic heterocycles. The molecule has 2 aromatic carbocycles. The summed E-state index contributed by atoms with van der Waals surface area (Å²) < 4.78 is 7.04. The van der Waals surface area contributed by atoms with Gasteiger partial charge in [0.15, 0.2) is 0 Å². The molecule has 0 N–H and O–H groups in total. The van der Waals surface area contributed by atoms with E-state index in [0.717, 1.165) is 33.2 Å². The molecule has 0 spiro atoms. The molecule has 5 aromatic rings. The maximum Gasteiger partial charge on any atom is 0.336 e. The number of hydrogen-bond donors (Lipinski definition) is 0. The number of nitrogens with zero attached hydrogens (tertiary/aromatic N) is 2. The Labute approximate surface area is 182 Å². The minimum absolute atomic E-state index is 0.118. The largest absolute Gasteiger partial charge is 0.422 e. The van der Waals surface area contributed by atoms with Crippen molar-refractivity contribution in [3.05, 3.63) is 97.2 Å². The van der Waals surface area contributed by atoms with Crippen molar-refractivity contribution in [1.29, 1.82) is 0 Å². The number of hydrogen-bond acceptors (Lipinski definition) is 5. The second kappa shape index (κ2) is 7.32. The van der Waals surface area contributed by atoms with Crippen molar-refractivity contribution in [3.8, 4) is 11.1 Å². The summed E-state index contributed by atoms with van der Waals surface area (Å²) in [6, 6.07) is 13.5. The Bertz CT molecular complexity index is 1570. The molecule has 5 rings (SSSR count). The molecule has 0 radical (unpaired) electrons. The van der Waals surface area contributed by atoms with Crippen LogP contribution >= 0.6 is 11.3 Å². The Morgan fingerprint density at radius 3 is 2.58 bits per heavy atom. The van der Waals surface area contributed by atoms with Gasteiger partial charge in [-0.1, -0.05) is 42.0 Å². The maximum absolute atomic E-state index is 13.4. The van der Waals surface area contributed by atoms with Gasteiger partial charge in [0.2, 0.25) is 0 Å². The van der Waals surface area contributed by atoms with E-state index in [9.17, 15) is 9.59 Å². The van der Waals surface area contributed by atoms with Crippen LogP contribution in [0.5, 0.6) is 0 Å². The van der Waals surface area contributed by atoms with Crippen molar-refractivity contribution >= 4 is 32.5 Å². The highest BCUT2D eigenvalue weighted by molar-refractivity contribution is 7.17. The second-order valence-corrected chi connectivity index (χ2v) is 8.71. The lowest BCUT2D eigenvalue weighted by molar-refractivity contribution is 0.554. The molecule has 0 atom stereocenters. The molecule has 0 fully saturated rings. The first-order valence-electron chi connectivity index (χ1n) is 9.99. The second-order valence-electron chi connectivity index (χ2n) is 7.85.